The van der Waals surface area contributed by atoms with Gasteiger partial charge in [0.1, 0.15) is 12.4 Å². The van der Waals surface area contributed by atoms with E-state index in [9.17, 15) is 0 Å². The summed E-state index contributed by atoms with van der Waals surface area (Å²) >= 11 is 0. The molecule has 1 heterocycles. The second kappa shape index (κ2) is 7.91. The molecule has 0 aromatic heterocycles. The molecule has 1 aliphatic rings. The fraction of sp³-hybridized carbons (Fsp3) is 0.294. The summed E-state index contributed by atoms with van der Waals surface area (Å²) in [5.41, 5.74) is 2.47. The van der Waals surface area contributed by atoms with Crippen LogP contribution in [-0.2, 0) is 6.61 Å². The molecule has 1 fully saturated rings. The second-order valence-electron chi connectivity index (χ2n) is 5.01. The molecule has 2 aromatic rings. The van der Waals surface area contributed by atoms with Crippen molar-refractivity contribution in [2.24, 2.45) is 0 Å². The number of hydrogen-bond donors (Lipinski definition) is 1. The molecule has 21 heavy (non-hydrogen) atoms. The van der Waals surface area contributed by atoms with Gasteiger partial charge in [0.15, 0.2) is 0 Å². The van der Waals surface area contributed by atoms with Gasteiger partial charge in [0.2, 0.25) is 0 Å². The molecule has 3 rings (SSSR count). The van der Waals surface area contributed by atoms with Crippen LogP contribution in [0.25, 0.3) is 0 Å². The monoisotopic (exact) mass is 304 g/mol. The summed E-state index contributed by atoms with van der Waals surface area (Å²) < 4.78 is 5.80. The molecule has 0 aliphatic carbocycles. The van der Waals surface area contributed by atoms with Crippen LogP contribution >= 0.6 is 12.4 Å². The van der Waals surface area contributed by atoms with Gasteiger partial charge in [-0.2, -0.15) is 0 Å². The number of benzene rings is 2. The number of nitrogens with zero attached hydrogens (tertiary/aromatic N) is 1. The Kier molecular flexibility index (Phi) is 5.90. The number of rotatable bonds is 4. The Labute approximate surface area is 132 Å². The molecule has 0 saturated carbocycles. The van der Waals surface area contributed by atoms with E-state index in [1.54, 1.807) is 0 Å². The van der Waals surface area contributed by atoms with Crippen molar-refractivity contribution in [3.63, 3.8) is 0 Å². The van der Waals surface area contributed by atoms with Gasteiger partial charge in [0, 0.05) is 31.9 Å². The molecule has 0 amide bonds. The maximum absolute atomic E-state index is 5.80. The highest BCUT2D eigenvalue weighted by molar-refractivity contribution is 5.85. The van der Waals surface area contributed by atoms with Gasteiger partial charge in [-0.15, -0.1) is 12.4 Å². The van der Waals surface area contributed by atoms with Gasteiger partial charge in [-0.05, 0) is 29.8 Å². The summed E-state index contributed by atoms with van der Waals surface area (Å²) in [4.78, 5) is 2.40. The van der Waals surface area contributed by atoms with Crippen molar-refractivity contribution in [2.75, 3.05) is 31.1 Å². The van der Waals surface area contributed by atoms with Gasteiger partial charge in [-0.1, -0.05) is 30.3 Å². The minimum Gasteiger partial charge on any atom is -0.489 e. The van der Waals surface area contributed by atoms with Crippen LogP contribution in [0.4, 0.5) is 5.69 Å². The molecule has 0 bridgehead atoms. The number of nitrogens with one attached hydrogen (secondary N) is 1. The number of ether oxygens (including phenoxy) is 1. The highest BCUT2D eigenvalue weighted by Gasteiger charge is 2.09. The van der Waals surface area contributed by atoms with E-state index >= 15 is 0 Å². The minimum absolute atomic E-state index is 0. The Bertz CT molecular complexity index is 524. The highest BCUT2D eigenvalue weighted by Crippen LogP contribution is 2.20. The second-order valence-corrected chi connectivity index (χ2v) is 5.01. The fourth-order valence-electron chi connectivity index (χ4n) is 2.42. The topological polar surface area (TPSA) is 24.5 Å². The molecule has 2 aromatic carbocycles. The molecule has 0 unspecified atom stereocenters. The SMILES string of the molecule is Cl.c1ccc(COc2ccc(N3CCNCC3)cc2)cc1. The van der Waals surface area contributed by atoms with Crippen molar-refractivity contribution in [2.45, 2.75) is 6.61 Å². The normalized spacial score (nSPS) is 14.4. The van der Waals surface area contributed by atoms with E-state index in [4.69, 9.17) is 4.74 Å². The molecule has 3 nitrogen and oxygen atoms in total. The van der Waals surface area contributed by atoms with Crippen LogP contribution in [0.3, 0.4) is 0 Å². The van der Waals surface area contributed by atoms with Gasteiger partial charge in [0.25, 0.3) is 0 Å². The molecular weight excluding hydrogens is 284 g/mol. The molecule has 1 aliphatic heterocycles. The van der Waals surface area contributed by atoms with Crippen LogP contribution in [0.2, 0.25) is 0 Å². The lowest BCUT2D eigenvalue weighted by molar-refractivity contribution is 0.306. The zero-order valence-electron chi connectivity index (χ0n) is 12.0. The zero-order valence-corrected chi connectivity index (χ0v) is 12.8. The van der Waals surface area contributed by atoms with Crippen molar-refractivity contribution in [3.05, 3.63) is 60.2 Å². The Balaban J connectivity index is 0.00000161. The average molecular weight is 305 g/mol. The molecule has 0 spiro atoms. The van der Waals surface area contributed by atoms with Crippen LogP contribution in [0.5, 0.6) is 5.75 Å². The van der Waals surface area contributed by atoms with Crippen molar-refractivity contribution in [3.8, 4) is 5.75 Å². The summed E-state index contributed by atoms with van der Waals surface area (Å²) in [6, 6.07) is 18.6. The first-order chi connectivity index (χ1) is 9.92. The number of anilines is 1. The largest absolute Gasteiger partial charge is 0.489 e. The minimum atomic E-state index is 0. The summed E-state index contributed by atoms with van der Waals surface area (Å²) in [6.45, 7) is 4.89. The Morgan fingerprint density at radius 1 is 0.905 bits per heavy atom. The van der Waals surface area contributed by atoms with Crippen molar-refractivity contribution < 1.29 is 4.74 Å². The molecule has 1 saturated heterocycles. The van der Waals surface area contributed by atoms with E-state index < -0.39 is 0 Å². The van der Waals surface area contributed by atoms with E-state index in [1.807, 2.05) is 18.2 Å². The average Bonchev–Trinajstić information content (AvgIpc) is 2.55. The van der Waals surface area contributed by atoms with Crippen LogP contribution in [0, 0.1) is 0 Å². The van der Waals surface area contributed by atoms with Gasteiger partial charge < -0.3 is 15.0 Å². The maximum atomic E-state index is 5.80. The molecule has 4 heteroatoms. The Hall–Kier alpha value is -1.71. The van der Waals surface area contributed by atoms with Crippen LogP contribution < -0.4 is 15.0 Å². The van der Waals surface area contributed by atoms with E-state index in [0.717, 1.165) is 31.9 Å². The first-order valence-corrected chi connectivity index (χ1v) is 7.14. The zero-order chi connectivity index (χ0) is 13.6. The lowest BCUT2D eigenvalue weighted by Gasteiger charge is -2.29. The standard InChI is InChI=1S/C17H20N2O.ClH/c1-2-4-15(5-3-1)14-20-17-8-6-16(7-9-17)19-12-10-18-11-13-19;/h1-9,18H,10-14H2;1H. The van der Waals surface area contributed by atoms with Gasteiger partial charge in [-0.3, -0.25) is 0 Å². The summed E-state index contributed by atoms with van der Waals surface area (Å²) in [5.74, 6) is 0.924. The molecule has 0 radical (unpaired) electrons. The van der Waals surface area contributed by atoms with Gasteiger partial charge in [0.05, 0.1) is 0 Å². The smallest absolute Gasteiger partial charge is 0.119 e. The quantitative estimate of drug-likeness (QED) is 0.939. The number of piperazine rings is 1. The third-order valence-corrected chi connectivity index (χ3v) is 3.57. The molecule has 112 valence electrons. The first-order valence-electron chi connectivity index (χ1n) is 7.14. The highest BCUT2D eigenvalue weighted by atomic mass is 35.5. The van der Waals surface area contributed by atoms with Gasteiger partial charge >= 0.3 is 0 Å². The molecule has 0 atom stereocenters. The van der Waals surface area contributed by atoms with Crippen LogP contribution in [0.1, 0.15) is 5.56 Å². The predicted molar refractivity (Wildman–Crippen MR) is 89.5 cm³/mol. The lowest BCUT2D eigenvalue weighted by Crippen LogP contribution is -2.43. The van der Waals surface area contributed by atoms with Crippen LogP contribution in [0.15, 0.2) is 54.6 Å². The van der Waals surface area contributed by atoms with Crippen molar-refractivity contribution in [1.29, 1.82) is 0 Å². The Morgan fingerprint density at radius 3 is 2.24 bits per heavy atom. The number of halogens is 1. The third kappa shape index (κ3) is 4.38. The lowest BCUT2D eigenvalue weighted by atomic mass is 10.2. The van der Waals surface area contributed by atoms with Crippen molar-refractivity contribution in [1.82, 2.24) is 5.32 Å². The van der Waals surface area contributed by atoms with E-state index in [-0.39, 0.29) is 12.4 Å². The first kappa shape index (κ1) is 15.7. The Morgan fingerprint density at radius 2 is 1.57 bits per heavy atom. The van der Waals surface area contributed by atoms with Crippen LogP contribution in [-0.4, -0.2) is 26.2 Å². The van der Waals surface area contributed by atoms with E-state index in [1.165, 1.54) is 11.3 Å². The van der Waals surface area contributed by atoms with Crippen molar-refractivity contribution >= 4 is 18.1 Å². The van der Waals surface area contributed by atoms with E-state index in [2.05, 4.69) is 46.6 Å². The number of hydrogen-bond acceptors (Lipinski definition) is 3. The summed E-state index contributed by atoms with van der Waals surface area (Å²) in [6.07, 6.45) is 0. The molecular formula is C17H21ClN2O. The van der Waals surface area contributed by atoms with E-state index in [0.29, 0.717) is 6.61 Å². The molecule has 1 N–H and O–H groups in total. The predicted octanol–water partition coefficient (Wildman–Crippen LogP) is 3.10. The fourth-order valence-corrected chi connectivity index (χ4v) is 2.42. The summed E-state index contributed by atoms with van der Waals surface area (Å²) in [7, 11) is 0. The summed E-state index contributed by atoms with van der Waals surface area (Å²) in [5, 5.41) is 3.37. The van der Waals surface area contributed by atoms with Gasteiger partial charge in [-0.25, -0.2) is 0 Å². The third-order valence-electron chi connectivity index (χ3n) is 3.57. The maximum Gasteiger partial charge on any atom is 0.119 e.